The lowest BCUT2D eigenvalue weighted by molar-refractivity contribution is -0.0658. The van der Waals surface area contributed by atoms with Gasteiger partial charge in [-0.15, -0.1) is 0 Å². The van der Waals surface area contributed by atoms with Gasteiger partial charge in [-0.3, -0.25) is 9.46 Å². The molecule has 0 spiro atoms. The molecule has 1 aliphatic rings. The Morgan fingerprint density at radius 2 is 1.83 bits per heavy atom. The summed E-state index contributed by atoms with van der Waals surface area (Å²) in [5, 5.41) is 10.6. The third kappa shape index (κ3) is 4.92. The van der Waals surface area contributed by atoms with Gasteiger partial charge in [0.05, 0.1) is 25.9 Å². The summed E-state index contributed by atoms with van der Waals surface area (Å²) in [6.07, 6.45) is -0.659. The Bertz CT molecular complexity index is 479. The van der Waals surface area contributed by atoms with Crippen molar-refractivity contribution < 1.29 is 33.0 Å². The molecule has 0 aromatic heterocycles. The molecule has 0 unspecified atom stereocenters. The van der Waals surface area contributed by atoms with E-state index in [2.05, 4.69) is 0 Å². The van der Waals surface area contributed by atoms with Crippen molar-refractivity contribution in [2.75, 3.05) is 19.8 Å². The van der Waals surface area contributed by atoms with E-state index in [1.807, 2.05) is 0 Å². The smallest absolute Gasteiger partial charge is 0.413 e. The van der Waals surface area contributed by atoms with Crippen molar-refractivity contribution in [2.24, 2.45) is 0 Å². The molecule has 1 amide bonds. The maximum atomic E-state index is 12.8. The number of aliphatic hydroxyl groups is 1. The molecule has 1 heterocycles. The molecule has 8 nitrogen and oxygen atoms in total. The molecular weight excluding hydrogens is 337 g/mol. The van der Waals surface area contributed by atoms with Crippen molar-refractivity contribution in [1.82, 2.24) is 4.90 Å². The van der Waals surface area contributed by atoms with Crippen molar-refractivity contribution in [3.63, 3.8) is 0 Å². The van der Waals surface area contributed by atoms with Gasteiger partial charge in [0.2, 0.25) is 0 Å². The van der Waals surface area contributed by atoms with Crippen LogP contribution in [-0.4, -0.2) is 59.1 Å². The van der Waals surface area contributed by atoms with Gasteiger partial charge in [0, 0.05) is 0 Å². The normalized spacial score (nSPS) is 22.5. The fourth-order valence-electron chi connectivity index (χ4n) is 2.48. The molecule has 24 heavy (non-hydrogen) atoms. The van der Waals surface area contributed by atoms with Gasteiger partial charge in [0.15, 0.2) is 5.85 Å². The number of rotatable bonds is 6. The van der Waals surface area contributed by atoms with Gasteiger partial charge in [0.1, 0.15) is 11.3 Å². The number of hydrogen-bond acceptors (Lipinski definition) is 7. The molecule has 1 aliphatic heterocycles. The monoisotopic (exact) mass is 367 g/mol. The highest BCUT2D eigenvalue weighted by atomic mass is 31.2. The largest absolute Gasteiger partial charge is 0.444 e. The van der Waals surface area contributed by atoms with Gasteiger partial charge in [-0.1, -0.05) is 0 Å². The minimum absolute atomic E-state index is 0.00243. The van der Waals surface area contributed by atoms with Crippen LogP contribution in [0.5, 0.6) is 0 Å². The average molecular weight is 367 g/mol. The Morgan fingerprint density at radius 3 is 2.25 bits per heavy atom. The summed E-state index contributed by atoms with van der Waals surface area (Å²) >= 11 is 0. The standard InChI is InChI=1S/C15H30NO7P/c1-8-21-24(19,22-9-2)12(17)11-10-20-15(6,7)16(11)13(18)23-14(3,4)5/h11-12,17H,8-10H2,1-7H3/t11-,12-/m0/s1. The Kier molecular flexibility index (Phi) is 6.86. The molecule has 1 fully saturated rings. The third-order valence-electron chi connectivity index (χ3n) is 3.40. The lowest BCUT2D eigenvalue weighted by atomic mass is 10.2. The van der Waals surface area contributed by atoms with Crippen LogP contribution in [0.15, 0.2) is 0 Å². The van der Waals surface area contributed by atoms with Crippen LogP contribution in [-0.2, 0) is 23.1 Å². The van der Waals surface area contributed by atoms with Crippen LogP contribution in [0.2, 0.25) is 0 Å². The SMILES string of the molecule is CCOP(=O)(OCC)[C@H](O)[C@@H]1COC(C)(C)N1C(=O)OC(C)(C)C. The van der Waals surface area contributed by atoms with Crippen LogP contribution in [0.25, 0.3) is 0 Å². The summed E-state index contributed by atoms with van der Waals surface area (Å²) in [4.78, 5) is 13.8. The lowest BCUT2D eigenvalue weighted by Crippen LogP contribution is -2.53. The van der Waals surface area contributed by atoms with Crippen LogP contribution in [0.4, 0.5) is 4.79 Å². The molecule has 0 saturated carbocycles. The number of hydrogen-bond donors (Lipinski definition) is 1. The molecule has 1 N–H and O–H groups in total. The molecule has 0 aromatic carbocycles. The number of ether oxygens (including phenoxy) is 2. The summed E-state index contributed by atoms with van der Waals surface area (Å²) in [5.74, 6) is -1.54. The number of carbonyl (C=O) groups is 1. The summed E-state index contributed by atoms with van der Waals surface area (Å²) in [5.41, 5.74) is -1.73. The first kappa shape index (κ1) is 21.4. The summed E-state index contributed by atoms with van der Waals surface area (Å²) in [6.45, 7) is 12.1. The van der Waals surface area contributed by atoms with Gasteiger partial charge in [-0.2, -0.15) is 0 Å². The highest BCUT2D eigenvalue weighted by molar-refractivity contribution is 7.54. The van der Waals surface area contributed by atoms with Gasteiger partial charge < -0.3 is 23.6 Å². The van der Waals surface area contributed by atoms with E-state index in [1.54, 1.807) is 48.5 Å². The fourth-order valence-corrected chi connectivity index (χ4v) is 4.22. The van der Waals surface area contributed by atoms with E-state index in [0.29, 0.717) is 0 Å². The quantitative estimate of drug-likeness (QED) is 0.721. The zero-order chi connectivity index (χ0) is 18.8. The lowest BCUT2D eigenvalue weighted by Gasteiger charge is -2.37. The molecule has 0 bridgehead atoms. The second-order valence-corrected chi connectivity index (χ2v) is 9.09. The predicted molar refractivity (Wildman–Crippen MR) is 88.8 cm³/mol. The van der Waals surface area contributed by atoms with Crippen LogP contribution >= 0.6 is 7.60 Å². The van der Waals surface area contributed by atoms with E-state index in [1.165, 1.54) is 4.90 Å². The molecule has 1 saturated heterocycles. The van der Waals surface area contributed by atoms with E-state index in [9.17, 15) is 14.5 Å². The first-order valence-electron chi connectivity index (χ1n) is 8.11. The minimum Gasteiger partial charge on any atom is -0.444 e. The molecule has 1 rings (SSSR count). The van der Waals surface area contributed by atoms with Crippen molar-refractivity contribution >= 4 is 13.7 Å². The van der Waals surface area contributed by atoms with E-state index in [4.69, 9.17) is 18.5 Å². The Balaban J connectivity index is 3.11. The van der Waals surface area contributed by atoms with Gasteiger partial charge in [-0.05, 0) is 48.5 Å². The maximum Gasteiger partial charge on any atom is 0.413 e. The highest BCUT2D eigenvalue weighted by Gasteiger charge is 2.53. The van der Waals surface area contributed by atoms with E-state index in [0.717, 1.165) is 0 Å². The van der Waals surface area contributed by atoms with E-state index < -0.39 is 36.9 Å². The Hall–Kier alpha value is -0.660. The predicted octanol–water partition coefficient (Wildman–Crippen LogP) is 2.94. The zero-order valence-corrected chi connectivity index (χ0v) is 16.5. The van der Waals surface area contributed by atoms with Crippen LogP contribution in [0.1, 0.15) is 48.5 Å². The van der Waals surface area contributed by atoms with Crippen molar-refractivity contribution in [1.29, 1.82) is 0 Å². The van der Waals surface area contributed by atoms with Gasteiger partial charge in [0.25, 0.3) is 0 Å². The molecular formula is C15H30NO7P. The number of aliphatic hydroxyl groups excluding tert-OH is 1. The molecule has 0 aromatic rings. The first-order valence-corrected chi connectivity index (χ1v) is 9.72. The number of nitrogens with zero attached hydrogens (tertiary/aromatic N) is 1. The summed E-state index contributed by atoms with van der Waals surface area (Å²) in [7, 11) is -3.82. The molecule has 9 heteroatoms. The molecule has 0 radical (unpaired) electrons. The Labute approximate surface area is 143 Å². The molecule has 2 atom stereocenters. The zero-order valence-electron chi connectivity index (χ0n) is 15.6. The molecule has 142 valence electrons. The van der Waals surface area contributed by atoms with Crippen LogP contribution < -0.4 is 0 Å². The van der Waals surface area contributed by atoms with Gasteiger partial charge >= 0.3 is 13.7 Å². The Morgan fingerprint density at radius 1 is 1.33 bits per heavy atom. The summed E-state index contributed by atoms with van der Waals surface area (Å²) in [6, 6.07) is -0.904. The average Bonchev–Trinajstić information content (AvgIpc) is 2.72. The first-order chi connectivity index (χ1) is 10.9. The van der Waals surface area contributed by atoms with Crippen LogP contribution in [0.3, 0.4) is 0 Å². The summed E-state index contributed by atoms with van der Waals surface area (Å²) < 4.78 is 34.2. The second kappa shape index (κ2) is 7.70. The number of amides is 1. The topological polar surface area (TPSA) is 94.5 Å². The highest BCUT2D eigenvalue weighted by Crippen LogP contribution is 2.55. The van der Waals surface area contributed by atoms with Crippen molar-refractivity contribution in [3.05, 3.63) is 0 Å². The van der Waals surface area contributed by atoms with E-state index >= 15 is 0 Å². The van der Waals surface area contributed by atoms with Crippen molar-refractivity contribution in [2.45, 2.75) is 71.7 Å². The number of carbonyl (C=O) groups excluding carboxylic acids is 1. The maximum absolute atomic E-state index is 12.8. The second-order valence-electron chi connectivity index (χ2n) is 6.96. The minimum atomic E-state index is -3.82. The molecule has 0 aliphatic carbocycles. The fraction of sp³-hybridized carbons (Fsp3) is 0.933. The van der Waals surface area contributed by atoms with E-state index in [-0.39, 0.29) is 19.8 Å². The van der Waals surface area contributed by atoms with Crippen molar-refractivity contribution in [3.8, 4) is 0 Å². The third-order valence-corrected chi connectivity index (χ3v) is 5.62. The van der Waals surface area contributed by atoms with Gasteiger partial charge in [-0.25, -0.2) is 4.79 Å². The van der Waals surface area contributed by atoms with Crippen LogP contribution in [0, 0.1) is 0 Å².